The number of hydrogen-bond acceptors (Lipinski definition) is 2. The van der Waals surface area contributed by atoms with E-state index in [1.54, 1.807) is 18.2 Å². The van der Waals surface area contributed by atoms with Gasteiger partial charge >= 0.3 is 5.97 Å². The second kappa shape index (κ2) is 8.56. The zero-order chi connectivity index (χ0) is 24.9. The summed E-state index contributed by atoms with van der Waals surface area (Å²) in [4.78, 5) is 11.1. The molecule has 4 aliphatic carbocycles. The van der Waals surface area contributed by atoms with E-state index in [0.717, 1.165) is 34.8 Å². The standard InChI is InChI=1S/C33H32O3/c1-32(2)28-18-24-16-25(19-28)21-33(32,20-24)27-10-14-30(15-11-27)36-29-12-8-22(9-13-29)6-7-23-4-3-5-26(17-23)31(34)35/h3-5,8-15,17,24-25,28H,16,18-21H2,1-2H3,(H,34,35). The lowest BCUT2D eigenvalue weighted by molar-refractivity contribution is -0.113. The molecule has 0 amide bonds. The highest BCUT2D eigenvalue weighted by Crippen LogP contribution is 2.68. The van der Waals surface area contributed by atoms with E-state index in [1.807, 2.05) is 30.3 Å². The molecule has 3 nitrogen and oxygen atoms in total. The summed E-state index contributed by atoms with van der Waals surface area (Å²) in [7, 11) is 0. The largest absolute Gasteiger partial charge is 0.478 e. The fourth-order valence-electron chi connectivity index (χ4n) is 7.54. The maximum Gasteiger partial charge on any atom is 0.335 e. The Bertz CT molecular complexity index is 1340. The van der Waals surface area contributed by atoms with Gasteiger partial charge in [-0.3, -0.25) is 0 Å². The molecule has 7 rings (SSSR count). The number of rotatable bonds is 4. The Kier molecular flexibility index (Phi) is 5.45. The van der Waals surface area contributed by atoms with Crippen molar-refractivity contribution in [3.8, 4) is 23.3 Å². The number of hydrogen-bond donors (Lipinski definition) is 1. The number of carbonyl (C=O) groups is 1. The lowest BCUT2D eigenvalue weighted by Crippen LogP contribution is -2.59. The van der Waals surface area contributed by atoms with Crippen molar-refractivity contribution in [1.82, 2.24) is 0 Å². The zero-order valence-corrected chi connectivity index (χ0v) is 21.0. The maximum absolute atomic E-state index is 11.1. The fourth-order valence-corrected chi connectivity index (χ4v) is 7.54. The molecular formula is C33H32O3. The van der Waals surface area contributed by atoms with Gasteiger partial charge in [0.05, 0.1) is 5.56 Å². The first-order valence-electron chi connectivity index (χ1n) is 13.1. The van der Waals surface area contributed by atoms with Crippen molar-refractivity contribution in [2.24, 2.45) is 23.2 Å². The number of carboxylic acids is 1. The Morgan fingerprint density at radius 3 is 2.08 bits per heavy atom. The molecule has 0 aromatic heterocycles. The van der Waals surface area contributed by atoms with Crippen molar-refractivity contribution in [3.63, 3.8) is 0 Å². The van der Waals surface area contributed by atoms with Crippen LogP contribution in [-0.4, -0.2) is 11.1 Å². The van der Waals surface area contributed by atoms with Crippen LogP contribution in [0.3, 0.4) is 0 Å². The van der Waals surface area contributed by atoms with Crippen molar-refractivity contribution in [2.45, 2.75) is 51.4 Å². The quantitative estimate of drug-likeness (QED) is 0.393. The van der Waals surface area contributed by atoms with Crippen LogP contribution in [0.5, 0.6) is 11.5 Å². The van der Waals surface area contributed by atoms with Gasteiger partial charge in [-0.05, 0) is 115 Å². The molecule has 3 heteroatoms. The van der Waals surface area contributed by atoms with Gasteiger partial charge in [-0.15, -0.1) is 0 Å². The zero-order valence-electron chi connectivity index (χ0n) is 21.0. The summed E-state index contributed by atoms with van der Waals surface area (Å²) in [6.07, 6.45) is 7.00. The van der Waals surface area contributed by atoms with E-state index in [2.05, 4.69) is 50.0 Å². The molecule has 0 spiro atoms. The van der Waals surface area contributed by atoms with Crippen LogP contribution in [0, 0.1) is 35.0 Å². The molecule has 3 aromatic rings. The molecule has 2 atom stereocenters. The van der Waals surface area contributed by atoms with E-state index in [1.165, 1.54) is 37.7 Å². The number of ether oxygens (including phenoxy) is 1. The summed E-state index contributed by atoms with van der Waals surface area (Å²) in [6, 6.07) is 23.3. The highest BCUT2D eigenvalue weighted by atomic mass is 16.5. The van der Waals surface area contributed by atoms with Crippen LogP contribution < -0.4 is 4.74 Å². The van der Waals surface area contributed by atoms with Gasteiger partial charge in [-0.25, -0.2) is 4.79 Å². The number of aromatic carboxylic acids is 1. The van der Waals surface area contributed by atoms with E-state index in [9.17, 15) is 4.79 Å². The summed E-state index contributed by atoms with van der Waals surface area (Å²) in [6.45, 7) is 5.04. The van der Waals surface area contributed by atoms with E-state index >= 15 is 0 Å². The van der Waals surface area contributed by atoms with Gasteiger partial charge in [-0.1, -0.05) is 43.9 Å². The molecule has 3 aromatic carbocycles. The van der Waals surface area contributed by atoms with Crippen molar-refractivity contribution in [2.75, 3.05) is 0 Å². The lowest BCUT2D eigenvalue weighted by Gasteiger charge is -2.66. The number of carboxylic acid groups (broad SMARTS) is 1. The van der Waals surface area contributed by atoms with Crippen molar-refractivity contribution < 1.29 is 14.6 Å². The Morgan fingerprint density at radius 1 is 0.833 bits per heavy atom. The van der Waals surface area contributed by atoms with Gasteiger partial charge in [-0.2, -0.15) is 0 Å². The van der Waals surface area contributed by atoms with Gasteiger partial charge in [0.2, 0.25) is 0 Å². The Morgan fingerprint density at radius 2 is 1.44 bits per heavy atom. The van der Waals surface area contributed by atoms with Gasteiger partial charge < -0.3 is 9.84 Å². The van der Waals surface area contributed by atoms with Crippen LogP contribution in [0.25, 0.3) is 0 Å². The highest BCUT2D eigenvalue weighted by molar-refractivity contribution is 5.88. The van der Waals surface area contributed by atoms with Gasteiger partial charge in [0.15, 0.2) is 0 Å². The summed E-state index contributed by atoms with van der Waals surface area (Å²) in [5.41, 5.74) is 3.93. The molecule has 0 radical (unpaired) electrons. The molecule has 4 saturated carbocycles. The third-order valence-electron chi connectivity index (χ3n) is 9.39. The molecule has 36 heavy (non-hydrogen) atoms. The second-order valence-electron chi connectivity index (χ2n) is 11.6. The smallest absolute Gasteiger partial charge is 0.335 e. The van der Waals surface area contributed by atoms with E-state index < -0.39 is 5.97 Å². The first kappa shape index (κ1) is 22.9. The van der Waals surface area contributed by atoms with Crippen LogP contribution in [0.15, 0.2) is 72.8 Å². The van der Waals surface area contributed by atoms with E-state index in [4.69, 9.17) is 9.84 Å². The van der Waals surface area contributed by atoms with Crippen LogP contribution in [-0.2, 0) is 5.41 Å². The summed E-state index contributed by atoms with van der Waals surface area (Å²) in [5.74, 6) is 9.50. The minimum atomic E-state index is -0.949. The summed E-state index contributed by atoms with van der Waals surface area (Å²) >= 11 is 0. The fraction of sp³-hybridized carbons (Fsp3) is 0.364. The lowest BCUT2D eigenvalue weighted by atomic mass is 9.38. The summed E-state index contributed by atoms with van der Waals surface area (Å²) in [5, 5.41) is 9.14. The molecule has 182 valence electrons. The monoisotopic (exact) mass is 476 g/mol. The topological polar surface area (TPSA) is 46.5 Å². The van der Waals surface area contributed by atoms with Crippen LogP contribution in [0.2, 0.25) is 0 Å². The molecule has 4 fully saturated rings. The first-order valence-corrected chi connectivity index (χ1v) is 13.1. The van der Waals surface area contributed by atoms with Gasteiger partial charge in [0.25, 0.3) is 0 Å². The molecule has 0 heterocycles. The van der Waals surface area contributed by atoms with Crippen molar-refractivity contribution in [1.29, 1.82) is 0 Å². The van der Waals surface area contributed by atoms with Crippen LogP contribution >= 0.6 is 0 Å². The minimum absolute atomic E-state index is 0.239. The van der Waals surface area contributed by atoms with E-state index in [0.29, 0.717) is 16.4 Å². The molecule has 1 N–H and O–H groups in total. The predicted octanol–water partition coefficient (Wildman–Crippen LogP) is 7.68. The third-order valence-corrected chi connectivity index (χ3v) is 9.39. The van der Waals surface area contributed by atoms with Crippen LogP contribution in [0.1, 0.15) is 73.0 Å². The molecule has 0 saturated heterocycles. The Balaban J connectivity index is 1.16. The van der Waals surface area contributed by atoms with Crippen molar-refractivity contribution >= 4 is 5.97 Å². The third kappa shape index (κ3) is 3.90. The molecule has 4 aliphatic rings. The average molecular weight is 477 g/mol. The first-order chi connectivity index (χ1) is 17.3. The normalized spacial score (nSPS) is 27.2. The Labute approximate surface area is 213 Å². The number of benzene rings is 3. The van der Waals surface area contributed by atoms with Gasteiger partial charge in [0, 0.05) is 16.5 Å². The highest BCUT2D eigenvalue weighted by Gasteiger charge is 2.61. The summed E-state index contributed by atoms with van der Waals surface area (Å²) < 4.78 is 6.15. The van der Waals surface area contributed by atoms with Crippen LogP contribution in [0.4, 0.5) is 0 Å². The minimum Gasteiger partial charge on any atom is -0.478 e. The maximum atomic E-state index is 11.1. The Hall–Kier alpha value is -3.51. The second-order valence-corrected chi connectivity index (χ2v) is 11.6. The molecule has 4 bridgehead atoms. The predicted molar refractivity (Wildman–Crippen MR) is 141 cm³/mol. The van der Waals surface area contributed by atoms with Gasteiger partial charge in [0.1, 0.15) is 11.5 Å². The molecule has 0 aliphatic heterocycles. The molecular weight excluding hydrogens is 444 g/mol. The SMILES string of the molecule is CC1(C)C2CC3CC(C2)CC1(c1ccc(Oc2ccc(C#Cc4cccc(C(=O)O)c4)cc2)cc1)C3. The average Bonchev–Trinajstić information content (AvgIpc) is 2.87. The molecule has 2 unspecified atom stereocenters. The van der Waals surface area contributed by atoms with E-state index in [-0.39, 0.29) is 5.56 Å². The van der Waals surface area contributed by atoms with Crippen molar-refractivity contribution in [3.05, 3.63) is 95.1 Å².